The van der Waals surface area contributed by atoms with Gasteiger partial charge in [-0.1, -0.05) is 6.92 Å². The molecule has 0 aromatic carbocycles. The van der Waals surface area contributed by atoms with E-state index in [-0.39, 0.29) is 5.92 Å². The summed E-state index contributed by atoms with van der Waals surface area (Å²) in [6.45, 7) is 9.70. The molecule has 5 heteroatoms. The first kappa shape index (κ1) is 16.2. The van der Waals surface area contributed by atoms with Crippen LogP contribution in [0.1, 0.15) is 38.6 Å². The Morgan fingerprint density at radius 1 is 1.35 bits per heavy atom. The Bertz CT molecular complexity index is 478. The van der Waals surface area contributed by atoms with Crippen LogP contribution in [0.2, 0.25) is 0 Å². The highest BCUT2D eigenvalue weighted by Gasteiger charge is 2.17. The lowest BCUT2D eigenvalue weighted by atomic mass is 10.1. The molecule has 0 aliphatic carbocycles. The standard InChI is InChI=1S/C15H25N5/c1-6-8-13-18-14(17-5)12(4)15(19-13)20(7-2)10-11(3)9-16/h11H,6-8,10H2,1-5H3,(H,17,18,19). The van der Waals surface area contributed by atoms with E-state index in [9.17, 15) is 0 Å². The molecule has 1 aromatic rings. The second-order valence-electron chi connectivity index (χ2n) is 5.01. The van der Waals surface area contributed by atoms with E-state index >= 15 is 0 Å². The molecule has 0 aliphatic heterocycles. The highest BCUT2D eigenvalue weighted by Crippen LogP contribution is 2.24. The monoisotopic (exact) mass is 275 g/mol. The van der Waals surface area contributed by atoms with Crippen LogP contribution in [-0.4, -0.2) is 30.1 Å². The summed E-state index contributed by atoms with van der Waals surface area (Å²) >= 11 is 0. The number of nitrogens with zero attached hydrogens (tertiary/aromatic N) is 4. The van der Waals surface area contributed by atoms with Crippen molar-refractivity contribution in [3.8, 4) is 6.07 Å². The zero-order chi connectivity index (χ0) is 15.1. The van der Waals surface area contributed by atoms with Crippen LogP contribution in [0.3, 0.4) is 0 Å². The molecule has 0 saturated heterocycles. The lowest BCUT2D eigenvalue weighted by Gasteiger charge is -2.26. The molecule has 0 fully saturated rings. The van der Waals surface area contributed by atoms with Crippen molar-refractivity contribution in [2.24, 2.45) is 5.92 Å². The molecule has 110 valence electrons. The van der Waals surface area contributed by atoms with Gasteiger partial charge in [0.1, 0.15) is 17.5 Å². The summed E-state index contributed by atoms with van der Waals surface area (Å²) in [6, 6.07) is 2.29. The van der Waals surface area contributed by atoms with Gasteiger partial charge in [0.05, 0.1) is 12.0 Å². The van der Waals surface area contributed by atoms with Gasteiger partial charge in [0.2, 0.25) is 0 Å². The summed E-state index contributed by atoms with van der Waals surface area (Å²) in [5.74, 6) is 2.66. The summed E-state index contributed by atoms with van der Waals surface area (Å²) in [5, 5.41) is 12.2. The number of nitrogens with one attached hydrogen (secondary N) is 1. The quantitative estimate of drug-likeness (QED) is 0.829. The maximum absolute atomic E-state index is 9.01. The lowest BCUT2D eigenvalue weighted by Crippen LogP contribution is -2.30. The van der Waals surface area contributed by atoms with Crippen molar-refractivity contribution in [1.82, 2.24) is 9.97 Å². The Morgan fingerprint density at radius 2 is 2.05 bits per heavy atom. The van der Waals surface area contributed by atoms with Crippen molar-refractivity contribution in [2.45, 2.75) is 40.5 Å². The van der Waals surface area contributed by atoms with Gasteiger partial charge >= 0.3 is 0 Å². The number of aryl methyl sites for hydroxylation is 1. The average Bonchev–Trinajstić information content (AvgIpc) is 2.46. The molecule has 5 nitrogen and oxygen atoms in total. The van der Waals surface area contributed by atoms with Gasteiger partial charge < -0.3 is 10.2 Å². The summed E-state index contributed by atoms with van der Waals surface area (Å²) < 4.78 is 0. The largest absolute Gasteiger partial charge is 0.373 e. The lowest BCUT2D eigenvalue weighted by molar-refractivity contribution is 0.673. The number of hydrogen-bond acceptors (Lipinski definition) is 5. The van der Waals surface area contributed by atoms with Crippen LogP contribution in [0, 0.1) is 24.2 Å². The van der Waals surface area contributed by atoms with Gasteiger partial charge in [-0.2, -0.15) is 5.26 Å². The predicted octanol–water partition coefficient (Wildman–Crippen LogP) is 2.77. The SMILES string of the molecule is CCCc1nc(NC)c(C)c(N(CC)CC(C)C#N)n1. The summed E-state index contributed by atoms with van der Waals surface area (Å²) in [5.41, 5.74) is 1.04. The molecule has 1 N–H and O–H groups in total. The second-order valence-corrected chi connectivity index (χ2v) is 5.01. The first-order valence-corrected chi connectivity index (χ1v) is 7.27. The zero-order valence-corrected chi connectivity index (χ0v) is 13.2. The van der Waals surface area contributed by atoms with Crippen LogP contribution < -0.4 is 10.2 Å². The molecule has 1 atom stereocenters. The Kier molecular flexibility index (Phi) is 6.23. The Labute approximate surface area is 122 Å². The van der Waals surface area contributed by atoms with E-state index in [1.165, 1.54) is 0 Å². The normalized spacial score (nSPS) is 11.8. The molecule has 1 aromatic heterocycles. The Balaban J connectivity index is 3.18. The maximum Gasteiger partial charge on any atom is 0.137 e. The number of anilines is 2. The number of aromatic nitrogens is 2. The fourth-order valence-corrected chi connectivity index (χ4v) is 2.17. The minimum atomic E-state index is -0.0167. The van der Waals surface area contributed by atoms with Gasteiger partial charge in [0, 0.05) is 32.1 Å². The third-order valence-electron chi connectivity index (χ3n) is 3.27. The van der Waals surface area contributed by atoms with Gasteiger partial charge in [-0.25, -0.2) is 9.97 Å². The molecule has 1 unspecified atom stereocenters. The zero-order valence-electron chi connectivity index (χ0n) is 13.2. The van der Waals surface area contributed by atoms with E-state index in [0.29, 0.717) is 6.54 Å². The van der Waals surface area contributed by atoms with E-state index in [2.05, 4.69) is 35.1 Å². The molecule has 0 aliphatic rings. The summed E-state index contributed by atoms with van der Waals surface area (Å²) in [7, 11) is 1.88. The highest BCUT2D eigenvalue weighted by atomic mass is 15.2. The van der Waals surface area contributed by atoms with Crippen molar-refractivity contribution in [3.05, 3.63) is 11.4 Å². The topological polar surface area (TPSA) is 64.8 Å². The molecule has 0 amide bonds. The van der Waals surface area contributed by atoms with Gasteiger partial charge in [0.15, 0.2) is 0 Å². The van der Waals surface area contributed by atoms with E-state index in [1.807, 2.05) is 20.9 Å². The van der Waals surface area contributed by atoms with Crippen molar-refractivity contribution in [1.29, 1.82) is 5.26 Å². The van der Waals surface area contributed by atoms with Gasteiger partial charge in [-0.05, 0) is 27.2 Å². The fraction of sp³-hybridized carbons (Fsp3) is 0.667. The second kappa shape index (κ2) is 7.68. The van der Waals surface area contributed by atoms with E-state index in [1.54, 1.807) is 0 Å². The first-order valence-electron chi connectivity index (χ1n) is 7.27. The Hall–Kier alpha value is -1.83. The number of hydrogen-bond donors (Lipinski definition) is 1. The van der Waals surface area contributed by atoms with Crippen LogP contribution in [0.15, 0.2) is 0 Å². The molecule has 0 radical (unpaired) electrons. The van der Waals surface area contributed by atoms with Crippen LogP contribution in [0.5, 0.6) is 0 Å². The van der Waals surface area contributed by atoms with E-state index in [4.69, 9.17) is 10.2 Å². The minimum Gasteiger partial charge on any atom is -0.373 e. The highest BCUT2D eigenvalue weighted by molar-refractivity contribution is 5.58. The van der Waals surface area contributed by atoms with Gasteiger partial charge in [0.25, 0.3) is 0 Å². The molecule has 20 heavy (non-hydrogen) atoms. The summed E-state index contributed by atoms with van der Waals surface area (Å²) in [4.78, 5) is 11.4. The third kappa shape index (κ3) is 3.83. The molecular formula is C15H25N5. The predicted molar refractivity (Wildman–Crippen MR) is 83.0 cm³/mol. The van der Waals surface area contributed by atoms with E-state index in [0.717, 1.165) is 42.4 Å². The van der Waals surface area contributed by atoms with Crippen molar-refractivity contribution < 1.29 is 0 Å². The number of nitriles is 1. The first-order chi connectivity index (χ1) is 9.57. The third-order valence-corrected chi connectivity index (χ3v) is 3.27. The van der Waals surface area contributed by atoms with Crippen molar-refractivity contribution >= 4 is 11.6 Å². The maximum atomic E-state index is 9.01. The Morgan fingerprint density at radius 3 is 2.55 bits per heavy atom. The molecule has 1 rings (SSSR count). The summed E-state index contributed by atoms with van der Waals surface area (Å²) in [6.07, 6.45) is 1.89. The average molecular weight is 275 g/mol. The minimum absolute atomic E-state index is 0.0167. The van der Waals surface area contributed by atoms with E-state index < -0.39 is 0 Å². The van der Waals surface area contributed by atoms with Crippen LogP contribution in [-0.2, 0) is 6.42 Å². The fourth-order valence-electron chi connectivity index (χ4n) is 2.17. The van der Waals surface area contributed by atoms with Crippen molar-refractivity contribution in [2.75, 3.05) is 30.4 Å². The molecule has 0 bridgehead atoms. The molecule has 0 spiro atoms. The van der Waals surface area contributed by atoms with Crippen LogP contribution in [0.25, 0.3) is 0 Å². The smallest absolute Gasteiger partial charge is 0.137 e. The molecular weight excluding hydrogens is 250 g/mol. The van der Waals surface area contributed by atoms with Crippen LogP contribution in [0.4, 0.5) is 11.6 Å². The molecule has 1 heterocycles. The number of rotatable bonds is 7. The van der Waals surface area contributed by atoms with Crippen molar-refractivity contribution in [3.63, 3.8) is 0 Å². The van der Waals surface area contributed by atoms with Gasteiger partial charge in [-0.15, -0.1) is 0 Å². The van der Waals surface area contributed by atoms with Gasteiger partial charge in [-0.3, -0.25) is 0 Å². The van der Waals surface area contributed by atoms with Crippen LogP contribution >= 0.6 is 0 Å². The molecule has 0 saturated carbocycles.